The molecule has 2 heterocycles. The van der Waals surface area contributed by atoms with Gasteiger partial charge >= 0.3 is 0 Å². The van der Waals surface area contributed by atoms with Gasteiger partial charge in [0.2, 0.25) is 0 Å². The monoisotopic (exact) mass is 323 g/mol. The molecule has 0 unspecified atom stereocenters. The Morgan fingerprint density at radius 2 is 2.00 bits per heavy atom. The summed E-state index contributed by atoms with van der Waals surface area (Å²) in [5.41, 5.74) is 3.77. The second-order valence-electron chi connectivity index (χ2n) is 5.17. The van der Waals surface area contributed by atoms with Crippen LogP contribution in [-0.4, -0.2) is 22.4 Å². The van der Waals surface area contributed by atoms with Crippen molar-refractivity contribution in [2.24, 2.45) is 0 Å². The molecular formula is C18H17N3OS. The first-order valence-corrected chi connectivity index (χ1v) is 8.31. The zero-order chi connectivity index (χ0) is 16.1. The Balaban J connectivity index is 1.54. The molecule has 3 rings (SSSR count). The number of aryl methyl sites for hydroxylation is 1. The minimum Gasteiger partial charge on any atom is -0.350 e. The number of thiazole rings is 1. The van der Waals surface area contributed by atoms with E-state index in [0.29, 0.717) is 12.2 Å². The summed E-state index contributed by atoms with van der Waals surface area (Å²) in [7, 11) is 0. The molecule has 4 nitrogen and oxygen atoms in total. The van der Waals surface area contributed by atoms with E-state index in [4.69, 9.17) is 0 Å². The Bertz CT molecular complexity index is 782. The number of rotatable bonds is 5. The van der Waals surface area contributed by atoms with Crippen molar-refractivity contribution >= 4 is 17.2 Å². The molecule has 0 spiro atoms. The summed E-state index contributed by atoms with van der Waals surface area (Å²) in [5, 5.41) is 6.02. The quantitative estimate of drug-likeness (QED) is 0.782. The standard InChI is InChI=1S/C18H17N3OS/c1-13-21-17(12-23-13)15-7-5-14(6-8-15)9-11-20-18(22)16-4-2-3-10-19-16/h2-8,10,12H,9,11H2,1H3,(H,20,22). The van der Waals surface area contributed by atoms with Crippen LogP contribution in [0.1, 0.15) is 21.1 Å². The Morgan fingerprint density at radius 3 is 2.65 bits per heavy atom. The van der Waals surface area contributed by atoms with Crippen LogP contribution in [-0.2, 0) is 6.42 Å². The van der Waals surface area contributed by atoms with Crippen LogP contribution in [0.5, 0.6) is 0 Å². The highest BCUT2D eigenvalue weighted by Crippen LogP contribution is 2.21. The Kier molecular flexibility index (Phi) is 4.78. The molecule has 0 aliphatic carbocycles. The zero-order valence-electron chi connectivity index (χ0n) is 12.8. The molecule has 0 fully saturated rings. The van der Waals surface area contributed by atoms with E-state index in [9.17, 15) is 4.79 Å². The van der Waals surface area contributed by atoms with Crippen LogP contribution in [0, 0.1) is 6.92 Å². The Labute approximate surface area is 139 Å². The first-order valence-electron chi connectivity index (χ1n) is 7.43. The van der Waals surface area contributed by atoms with Crippen molar-refractivity contribution in [2.45, 2.75) is 13.3 Å². The molecule has 3 aromatic rings. The lowest BCUT2D eigenvalue weighted by molar-refractivity contribution is 0.0949. The first-order chi connectivity index (χ1) is 11.2. The molecule has 0 saturated heterocycles. The molecule has 0 radical (unpaired) electrons. The van der Waals surface area contributed by atoms with Crippen LogP contribution >= 0.6 is 11.3 Å². The fourth-order valence-electron chi connectivity index (χ4n) is 2.25. The number of carbonyl (C=O) groups is 1. The predicted octanol–water partition coefficient (Wildman–Crippen LogP) is 3.49. The third-order valence-electron chi connectivity index (χ3n) is 3.47. The number of hydrogen-bond donors (Lipinski definition) is 1. The van der Waals surface area contributed by atoms with Crippen molar-refractivity contribution in [3.05, 3.63) is 70.3 Å². The number of amides is 1. The number of hydrogen-bond acceptors (Lipinski definition) is 4. The molecule has 23 heavy (non-hydrogen) atoms. The van der Waals surface area contributed by atoms with Gasteiger partial charge in [-0.05, 0) is 31.0 Å². The van der Waals surface area contributed by atoms with E-state index in [2.05, 4.69) is 44.9 Å². The number of benzene rings is 1. The minimum absolute atomic E-state index is 0.139. The van der Waals surface area contributed by atoms with E-state index in [0.717, 1.165) is 22.7 Å². The lowest BCUT2D eigenvalue weighted by atomic mass is 10.1. The van der Waals surface area contributed by atoms with E-state index in [-0.39, 0.29) is 5.91 Å². The average molecular weight is 323 g/mol. The second-order valence-corrected chi connectivity index (χ2v) is 6.23. The third-order valence-corrected chi connectivity index (χ3v) is 4.24. The van der Waals surface area contributed by atoms with E-state index in [1.807, 2.05) is 6.92 Å². The van der Waals surface area contributed by atoms with E-state index >= 15 is 0 Å². The molecule has 1 aromatic carbocycles. The van der Waals surface area contributed by atoms with Gasteiger partial charge in [-0.1, -0.05) is 30.3 Å². The molecule has 0 atom stereocenters. The van der Waals surface area contributed by atoms with Crippen molar-refractivity contribution in [2.75, 3.05) is 6.54 Å². The lowest BCUT2D eigenvalue weighted by Crippen LogP contribution is -2.26. The number of pyridine rings is 1. The molecule has 0 aliphatic rings. The maximum atomic E-state index is 11.9. The molecule has 0 bridgehead atoms. The van der Waals surface area contributed by atoms with Gasteiger partial charge in [0.05, 0.1) is 10.7 Å². The molecule has 2 aromatic heterocycles. The average Bonchev–Trinajstić information content (AvgIpc) is 3.03. The smallest absolute Gasteiger partial charge is 0.269 e. The van der Waals surface area contributed by atoms with Gasteiger partial charge in [-0.15, -0.1) is 11.3 Å². The molecule has 0 aliphatic heterocycles. The Hall–Kier alpha value is -2.53. The number of nitrogens with one attached hydrogen (secondary N) is 1. The van der Waals surface area contributed by atoms with Crippen LogP contribution in [0.4, 0.5) is 0 Å². The van der Waals surface area contributed by atoms with Gasteiger partial charge in [0.1, 0.15) is 5.69 Å². The maximum Gasteiger partial charge on any atom is 0.269 e. The lowest BCUT2D eigenvalue weighted by Gasteiger charge is -2.05. The predicted molar refractivity (Wildman–Crippen MR) is 92.6 cm³/mol. The van der Waals surface area contributed by atoms with Gasteiger partial charge in [-0.3, -0.25) is 9.78 Å². The van der Waals surface area contributed by atoms with Crippen molar-refractivity contribution < 1.29 is 4.79 Å². The minimum atomic E-state index is -0.139. The first kappa shape index (κ1) is 15.4. The van der Waals surface area contributed by atoms with Crippen molar-refractivity contribution in [3.63, 3.8) is 0 Å². The molecule has 5 heteroatoms. The van der Waals surface area contributed by atoms with E-state index in [1.165, 1.54) is 5.56 Å². The van der Waals surface area contributed by atoms with Crippen LogP contribution < -0.4 is 5.32 Å². The topological polar surface area (TPSA) is 54.9 Å². The summed E-state index contributed by atoms with van der Waals surface area (Å²) in [6.45, 7) is 2.59. The summed E-state index contributed by atoms with van der Waals surface area (Å²) >= 11 is 1.65. The maximum absolute atomic E-state index is 11.9. The van der Waals surface area contributed by atoms with Gasteiger partial charge < -0.3 is 5.32 Å². The van der Waals surface area contributed by atoms with E-state index in [1.54, 1.807) is 35.7 Å². The molecule has 1 N–H and O–H groups in total. The van der Waals surface area contributed by atoms with E-state index < -0.39 is 0 Å². The summed E-state index contributed by atoms with van der Waals surface area (Å²) in [5.74, 6) is -0.139. The summed E-state index contributed by atoms with van der Waals surface area (Å²) < 4.78 is 0. The second kappa shape index (κ2) is 7.15. The fraction of sp³-hybridized carbons (Fsp3) is 0.167. The normalized spacial score (nSPS) is 10.5. The fourth-order valence-corrected chi connectivity index (χ4v) is 2.87. The largest absolute Gasteiger partial charge is 0.350 e. The van der Waals surface area contributed by atoms with Gasteiger partial charge in [0.25, 0.3) is 5.91 Å². The third kappa shape index (κ3) is 4.02. The van der Waals surface area contributed by atoms with Crippen LogP contribution in [0.25, 0.3) is 11.3 Å². The highest BCUT2D eigenvalue weighted by atomic mass is 32.1. The van der Waals surface area contributed by atoms with Crippen molar-refractivity contribution in [1.82, 2.24) is 15.3 Å². The van der Waals surface area contributed by atoms with Gasteiger partial charge in [-0.25, -0.2) is 4.98 Å². The highest BCUT2D eigenvalue weighted by Gasteiger charge is 2.05. The molecule has 0 saturated carbocycles. The van der Waals surface area contributed by atoms with Gasteiger partial charge in [0.15, 0.2) is 0 Å². The summed E-state index contributed by atoms with van der Waals surface area (Å²) in [6, 6.07) is 13.6. The molecule has 116 valence electrons. The van der Waals surface area contributed by atoms with Crippen LogP contribution in [0.15, 0.2) is 54.0 Å². The number of carbonyl (C=O) groups excluding carboxylic acids is 1. The van der Waals surface area contributed by atoms with Crippen molar-refractivity contribution in [3.8, 4) is 11.3 Å². The van der Waals surface area contributed by atoms with Gasteiger partial charge in [0, 0.05) is 23.7 Å². The van der Waals surface area contributed by atoms with Gasteiger partial charge in [-0.2, -0.15) is 0 Å². The molecule has 1 amide bonds. The van der Waals surface area contributed by atoms with Crippen LogP contribution in [0.2, 0.25) is 0 Å². The summed E-state index contributed by atoms with van der Waals surface area (Å²) in [4.78, 5) is 20.4. The zero-order valence-corrected chi connectivity index (χ0v) is 13.6. The SMILES string of the molecule is Cc1nc(-c2ccc(CCNC(=O)c3ccccn3)cc2)cs1. The summed E-state index contributed by atoms with van der Waals surface area (Å²) in [6.07, 6.45) is 2.41. The number of nitrogens with zero attached hydrogens (tertiary/aromatic N) is 2. The van der Waals surface area contributed by atoms with Crippen molar-refractivity contribution in [1.29, 1.82) is 0 Å². The number of aromatic nitrogens is 2. The molecular weight excluding hydrogens is 306 g/mol. The highest BCUT2D eigenvalue weighted by molar-refractivity contribution is 7.09. The van der Waals surface area contributed by atoms with Crippen LogP contribution in [0.3, 0.4) is 0 Å². The Morgan fingerprint density at radius 1 is 1.17 bits per heavy atom.